The molecule has 0 saturated carbocycles. The Morgan fingerprint density at radius 2 is 0.571 bits per heavy atom. The highest BCUT2D eigenvalue weighted by Gasteiger charge is 2.23. The van der Waals surface area contributed by atoms with Crippen molar-refractivity contribution < 1.29 is 28.7 Å². The van der Waals surface area contributed by atoms with E-state index in [1.54, 1.807) is 48.5 Å². The van der Waals surface area contributed by atoms with Gasteiger partial charge >= 0.3 is 0 Å². The summed E-state index contributed by atoms with van der Waals surface area (Å²) in [5.41, 5.74) is 3.79. The number of rotatable bonds is 10. The summed E-state index contributed by atoms with van der Waals surface area (Å²) in [7, 11) is 0. The average Bonchev–Trinajstić information content (AvgIpc) is 3.26. The highest BCUT2D eigenvalue weighted by atomic mass is 16.5. The van der Waals surface area contributed by atoms with Crippen molar-refractivity contribution in [3.63, 3.8) is 0 Å². The number of benzene rings is 7. The predicted octanol–water partition coefficient (Wildman–Crippen LogP) is 10.2. The molecule has 0 radical (unpaired) electrons. The maximum atomic E-state index is 13.2. The molecule has 0 aliphatic heterocycles. The van der Waals surface area contributed by atoms with E-state index in [1.165, 1.54) is 48.5 Å². The largest absolute Gasteiger partial charge is 0.457 e. The van der Waals surface area contributed by atoms with Crippen molar-refractivity contribution in [2.45, 2.75) is 0 Å². The van der Waals surface area contributed by atoms with Gasteiger partial charge in [0.15, 0.2) is 0 Å². The summed E-state index contributed by atoms with van der Waals surface area (Å²) < 4.78 is 11.8. The van der Waals surface area contributed by atoms with Gasteiger partial charge in [-0.2, -0.15) is 0 Å². The van der Waals surface area contributed by atoms with E-state index in [-0.39, 0.29) is 22.3 Å². The lowest BCUT2D eigenvalue weighted by atomic mass is 9.96. The lowest BCUT2D eigenvalue weighted by molar-refractivity contribution is 0.0812. The van der Waals surface area contributed by atoms with E-state index in [2.05, 4.69) is 23.7 Å². The van der Waals surface area contributed by atoms with Crippen molar-refractivity contribution in [1.82, 2.24) is 0 Å². The fraction of sp³-hybridized carbons (Fsp3) is 0. The second kappa shape index (κ2) is 17.2. The number of carbonyl (C=O) groups excluding carboxylic acids is 4. The zero-order valence-corrected chi connectivity index (χ0v) is 29.8. The van der Waals surface area contributed by atoms with Crippen LogP contribution in [0.3, 0.4) is 0 Å². The number of carbonyl (C=O) groups is 4. The van der Waals surface area contributed by atoms with Gasteiger partial charge in [0.05, 0.1) is 0 Å². The van der Waals surface area contributed by atoms with Crippen molar-refractivity contribution in [3.05, 3.63) is 226 Å². The fourth-order valence-corrected chi connectivity index (χ4v) is 5.49. The van der Waals surface area contributed by atoms with Gasteiger partial charge in [0.25, 0.3) is 0 Å². The minimum atomic E-state index is -0.814. The molecule has 0 amide bonds. The smallest absolute Gasteiger partial charge is 0.233 e. The van der Waals surface area contributed by atoms with Gasteiger partial charge in [0, 0.05) is 44.5 Å². The molecule has 0 aromatic heterocycles. The third-order valence-corrected chi connectivity index (χ3v) is 8.46. The molecule has 0 N–H and O–H groups in total. The van der Waals surface area contributed by atoms with Crippen molar-refractivity contribution >= 4 is 23.1 Å². The van der Waals surface area contributed by atoms with Crippen molar-refractivity contribution in [1.29, 1.82) is 0 Å². The van der Waals surface area contributed by atoms with E-state index in [1.807, 2.05) is 84.9 Å². The Bertz CT molecular complexity index is 2470. The molecule has 6 nitrogen and oxygen atoms in total. The van der Waals surface area contributed by atoms with Gasteiger partial charge < -0.3 is 9.47 Å². The first kappa shape index (κ1) is 36.3. The molecule has 0 heterocycles. The molecule has 266 valence electrons. The van der Waals surface area contributed by atoms with Crippen molar-refractivity contribution in [2.24, 2.45) is 0 Å². The SMILES string of the molecule is O=C(C(=O)c1cccc(C(=O)C(=O)c2ccc(Oc3ccc(C#Cc4ccccc4)cc3)cc2)c1)c1ccc(Oc2ccc(C#Cc3ccccc3)cc2)cc1. The summed E-state index contributed by atoms with van der Waals surface area (Å²) in [6.45, 7) is 0. The van der Waals surface area contributed by atoms with Crippen LogP contribution in [0.25, 0.3) is 0 Å². The molecule has 0 spiro atoms. The minimum Gasteiger partial charge on any atom is -0.457 e. The Hall–Kier alpha value is -8.06. The van der Waals surface area contributed by atoms with Gasteiger partial charge in [0.2, 0.25) is 23.1 Å². The van der Waals surface area contributed by atoms with E-state index < -0.39 is 23.1 Å². The first-order valence-electron chi connectivity index (χ1n) is 17.6. The first-order valence-corrected chi connectivity index (χ1v) is 17.6. The Kier molecular flexibility index (Phi) is 11.1. The van der Waals surface area contributed by atoms with Crippen LogP contribution in [0, 0.1) is 23.7 Å². The third kappa shape index (κ3) is 9.29. The van der Waals surface area contributed by atoms with Crippen LogP contribution in [0.15, 0.2) is 182 Å². The summed E-state index contributed by atoms with van der Waals surface area (Å²) in [6, 6.07) is 52.0. The maximum absolute atomic E-state index is 13.2. The quantitative estimate of drug-likeness (QED) is 0.0792. The van der Waals surface area contributed by atoms with E-state index in [0.717, 1.165) is 22.3 Å². The molecule has 0 bridgehead atoms. The second-order valence-electron chi connectivity index (χ2n) is 12.4. The Labute approximate surface area is 324 Å². The zero-order valence-electron chi connectivity index (χ0n) is 29.8. The summed E-state index contributed by atoms with van der Waals surface area (Å²) in [4.78, 5) is 52.7. The second-order valence-corrected chi connectivity index (χ2v) is 12.4. The van der Waals surface area contributed by atoms with Gasteiger partial charge in [-0.15, -0.1) is 0 Å². The number of ether oxygens (including phenoxy) is 2. The van der Waals surface area contributed by atoms with Crippen LogP contribution in [-0.4, -0.2) is 23.1 Å². The summed E-state index contributed by atoms with van der Waals surface area (Å²) in [5, 5.41) is 0. The van der Waals surface area contributed by atoms with Crippen LogP contribution in [0.4, 0.5) is 0 Å². The number of ketones is 4. The Balaban J connectivity index is 0.936. The van der Waals surface area contributed by atoms with Crippen LogP contribution in [0.2, 0.25) is 0 Å². The van der Waals surface area contributed by atoms with Gasteiger partial charge in [-0.3, -0.25) is 19.2 Å². The third-order valence-electron chi connectivity index (χ3n) is 8.46. The molecule has 7 rings (SSSR count). The average molecular weight is 727 g/mol. The van der Waals surface area contributed by atoms with E-state index in [4.69, 9.17) is 9.47 Å². The molecular weight excluding hydrogens is 697 g/mol. The molecule has 0 fully saturated rings. The van der Waals surface area contributed by atoms with E-state index in [9.17, 15) is 19.2 Å². The lowest BCUT2D eigenvalue weighted by Crippen LogP contribution is -2.17. The molecular formula is C50H30O6. The molecule has 0 atom stereocenters. The van der Waals surface area contributed by atoms with E-state index >= 15 is 0 Å². The van der Waals surface area contributed by atoms with Crippen molar-refractivity contribution in [3.8, 4) is 46.7 Å². The highest BCUT2D eigenvalue weighted by molar-refractivity contribution is 6.51. The van der Waals surface area contributed by atoms with Crippen LogP contribution < -0.4 is 9.47 Å². The van der Waals surface area contributed by atoms with Crippen LogP contribution >= 0.6 is 0 Å². The maximum Gasteiger partial charge on any atom is 0.233 e. The lowest BCUT2D eigenvalue weighted by Gasteiger charge is -2.08. The summed E-state index contributed by atoms with van der Waals surface area (Å²) in [6.07, 6.45) is 0. The van der Waals surface area contributed by atoms with Gasteiger partial charge in [-0.25, -0.2) is 0 Å². The molecule has 7 aromatic rings. The highest BCUT2D eigenvalue weighted by Crippen LogP contribution is 2.25. The fourth-order valence-electron chi connectivity index (χ4n) is 5.49. The normalized spacial score (nSPS) is 10.1. The molecule has 7 aromatic carbocycles. The number of Topliss-reactive ketones (excluding diaryl/α,β-unsaturated/α-hetero) is 4. The number of hydrogen-bond acceptors (Lipinski definition) is 6. The van der Waals surface area contributed by atoms with Gasteiger partial charge in [0.1, 0.15) is 23.0 Å². The standard InChI is InChI=1S/C50H30O6/c51-47(39-22-30-45(31-23-39)55-43-26-18-37(19-27-43)16-14-35-8-3-1-4-9-35)49(53)41-12-7-13-42(34-41)50(54)48(52)40-24-32-46(33-25-40)56-44-28-20-38(21-29-44)17-15-36-10-5-2-6-11-36/h1-13,18-34H. The monoisotopic (exact) mass is 726 g/mol. The first-order chi connectivity index (χ1) is 27.4. The van der Waals surface area contributed by atoms with Crippen molar-refractivity contribution in [2.75, 3.05) is 0 Å². The molecule has 0 aliphatic carbocycles. The Morgan fingerprint density at radius 3 is 0.911 bits per heavy atom. The Morgan fingerprint density at radius 1 is 0.286 bits per heavy atom. The molecule has 0 aliphatic rings. The number of hydrogen-bond donors (Lipinski definition) is 0. The zero-order chi connectivity index (χ0) is 38.7. The van der Waals surface area contributed by atoms with Crippen LogP contribution in [0.5, 0.6) is 23.0 Å². The molecule has 0 unspecified atom stereocenters. The van der Waals surface area contributed by atoms with E-state index in [0.29, 0.717) is 23.0 Å². The molecule has 56 heavy (non-hydrogen) atoms. The van der Waals surface area contributed by atoms with Crippen LogP contribution in [0.1, 0.15) is 63.7 Å². The molecule has 6 heteroatoms. The van der Waals surface area contributed by atoms with Gasteiger partial charge in [-0.05, 0) is 127 Å². The minimum absolute atomic E-state index is 0.00903. The predicted molar refractivity (Wildman–Crippen MR) is 215 cm³/mol. The van der Waals surface area contributed by atoms with Crippen LogP contribution in [-0.2, 0) is 0 Å². The topological polar surface area (TPSA) is 86.7 Å². The molecule has 0 saturated heterocycles. The summed E-state index contributed by atoms with van der Waals surface area (Å²) >= 11 is 0. The summed E-state index contributed by atoms with van der Waals surface area (Å²) in [5.74, 6) is 11.4. The van der Waals surface area contributed by atoms with Gasteiger partial charge in [-0.1, -0.05) is 78.3 Å².